The van der Waals surface area contributed by atoms with Crippen LogP contribution in [0.4, 0.5) is 5.13 Å². The number of thiazole rings is 1. The second-order valence-corrected chi connectivity index (χ2v) is 4.96. The SMILES string of the molecule is COC(CSc1sc(N)nc1C)OC. The molecule has 0 bridgehead atoms. The number of rotatable bonds is 5. The third kappa shape index (κ3) is 3.13. The van der Waals surface area contributed by atoms with Crippen LogP contribution in [0.25, 0.3) is 0 Å². The van der Waals surface area contributed by atoms with E-state index in [2.05, 4.69) is 4.98 Å². The van der Waals surface area contributed by atoms with Crippen LogP contribution in [-0.4, -0.2) is 31.2 Å². The number of aryl methyl sites for hydroxylation is 1. The molecule has 0 saturated heterocycles. The summed E-state index contributed by atoms with van der Waals surface area (Å²) >= 11 is 3.15. The van der Waals surface area contributed by atoms with Crippen LogP contribution in [0.15, 0.2) is 4.21 Å². The second-order valence-electron chi connectivity index (χ2n) is 2.64. The lowest BCUT2D eigenvalue weighted by Crippen LogP contribution is -2.15. The molecule has 0 amide bonds. The van der Waals surface area contributed by atoms with Crippen LogP contribution in [0.2, 0.25) is 0 Å². The maximum Gasteiger partial charge on any atom is 0.181 e. The summed E-state index contributed by atoms with van der Waals surface area (Å²) in [5.41, 5.74) is 6.56. The van der Waals surface area contributed by atoms with E-state index in [4.69, 9.17) is 15.2 Å². The maximum absolute atomic E-state index is 5.58. The Morgan fingerprint density at radius 1 is 1.50 bits per heavy atom. The van der Waals surface area contributed by atoms with E-state index in [1.165, 1.54) is 11.3 Å². The summed E-state index contributed by atoms with van der Waals surface area (Å²) in [6, 6.07) is 0. The zero-order chi connectivity index (χ0) is 10.6. The van der Waals surface area contributed by atoms with Crippen molar-refractivity contribution in [2.24, 2.45) is 0 Å². The lowest BCUT2D eigenvalue weighted by molar-refractivity contribution is -0.0842. The topological polar surface area (TPSA) is 57.4 Å². The first-order valence-corrected chi connectivity index (χ1v) is 5.89. The third-order valence-electron chi connectivity index (χ3n) is 1.65. The average Bonchev–Trinajstić information content (AvgIpc) is 2.47. The molecule has 1 aromatic heterocycles. The van der Waals surface area contributed by atoms with Crippen LogP contribution in [0.3, 0.4) is 0 Å². The van der Waals surface area contributed by atoms with Crippen LogP contribution in [0, 0.1) is 6.92 Å². The van der Waals surface area contributed by atoms with E-state index in [1.807, 2.05) is 6.92 Å². The summed E-state index contributed by atoms with van der Waals surface area (Å²) in [5, 5.41) is 0.608. The number of hydrogen-bond acceptors (Lipinski definition) is 6. The number of methoxy groups -OCH3 is 2. The van der Waals surface area contributed by atoms with Crippen LogP contribution >= 0.6 is 23.1 Å². The first-order valence-electron chi connectivity index (χ1n) is 4.08. The summed E-state index contributed by atoms with van der Waals surface area (Å²) in [7, 11) is 3.26. The Bertz CT molecular complexity index is 287. The molecule has 0 fully saturated rings. The molecule has 1 rings (SSSR count). The molecule has 14 heavy (non-hydrogen) atoms. The standard InChI is InChI=1S/C8H14N2O2S2/c1-5-7(14-8(9)10-5)13-4-6(11-2)12-3/h6H,4H2,1-3H3,(H2,9,10). The van der Waals surface area contributed by atoms with Gasteiger partial charge in [-0.1, -0.05) is 11.3 Å². The smallest absolute Gasteiger partial charge is 0.181 e. The lowest BCUT2D eigenvalue weighted by atomic mass is 10.6. The molecule has 0 spiro atoms. The fourth-order valence-electron chi connectivity index (χ4n) is 0.913. The highest BCUT2D eigenvalue weighted by atomic mass is 32.2. The highest BCUT2D eigenvalue weighted by Crippen LogP contribution is 2.31. The molecule has 80 valence electrons. The van der Waals surface area contributed by atoms with Gasteiger partial charge in [-0.05, 0) is 6.92 Å². The quantitative estimate of drug-likeness (QED) is 0.621. The van der Waals surface area contributed by atoms with Crippen LogP contribution in [-0.2, 0) is 9.47 Å². The molecule has 0 unspecified atom stereocenters. The average molecular weight is 234 g/mol. The second kappa shape index (κ2) is 5.55. The number of hydrogen-bond donors (Lipinski definition) is 1. The summed E-state index contributed by atoms with van der Waals surface area (Å²) in [4.78, 5) is 4.13. The predicted molar refractivity (Wildman–Crippen MR) is 59.8 cm³/mol. The fourth-order valence-corrected chi connectivity index (χ4v) is 2.99. The van der Waals surface area contributed by atoms with Crippen molar-refractivity contribution in [2.45, 2.75) is 17.4 Å². The van der Waals surface area contributed by atoms with E-state index in [0.29, 0.717) is 5.13 Å². The predicted octanol–water partition coefficient (Wildman–Crippen LogP) is 1.74. The summed E-state index contributed by atoms with van der Waals surface area (Å²) in [6.45, 7) is 1.95. The van der Waals surface area contributed by atoms with E-state index < -0.39 is 0 Å². The van der Waals surface area contributed by atoms with Gasteiger partial charge in [-0.15, -0.1) is 11.8 Å². The molecule has 0 saturated carbocycles. The van der Waals surface area contributed by atoms with Crippen molar-refractivity contribution in [3.8, 4) is 0 Å². The van der Waals surface area contributed by atoms with Crippen molar-refractivity contribution in [1.29, 1.82) is 0 Å². The van der Waals surface area contributed by atoms with Gasteiger partial charge in [0.25, 0.3) is 0 Å². The number of ether oxygens (including phenoxy) is 2. The molecule has 2 N–H and O–H groups in total. The molecule has 0 aliphatic rings. The van der Waals surface area contributed by atoms with Gasteiger partial charge in [0.15, 0.2) is 11.4 Å². The molecule has 4 nitrogen and oxygen atoms in total. The number of anilines is 1. The molecule has 0 radical (unpaired) electrons. The van der Waals surface area contributed by atoms with Gasteiger partial charge in [-0.2, -0.15) is 0 Å². The van der Waals surface area contributed by atoms with E-state index in [-0.39, 0.29) is 6.29 Å². The van der Waals surface area contributed by atoms with Gasteiger partial charge in [0.1, 0.15) is 0 Å². The summed E-state index contributed by atoms with van der Waals surface area (Å²) < 4.78 is 11.3. The van der Waals surface area contributed by atoms with E-state index in [9.17, 15) is 0 Å². The molecular formula is C8H14N2O2S2. The minimum Gasteiger partial charge on any atom is -0.375 e. The molecule has 0 aliphatic carbocycles. The van der Waals surface area contributed by atoms with Gasteiger partial charge in [0, 0.05) is 14.2 Å². The first kappa shape index (κ1) is 11.8. The van der Waals surface area contributed by atoms with Crippen molar-refractivity contribution in [1.82, 2.24) is 4.98 Å². The minimum atomic E-state index is -0.178. The van der Waals surface area contributed by atoms with Crippen molar-refractivity contribution in [3.63, 3.8) is 0 Å². The molecule has 1 aromatic rings. The first-order chi connectivity index (χ1) is 6.67. The number of nitrogens with two attached hydrogens (primary N) is 1. The van der Waals surface area contributed by atoms with Gasteiger partial charge in [0.05, 0.1) is 15.7 Å². The van der Waals surface area contributed by atoms with Crippen molar-refractivity contribution < 1.29 is 9.47 Å². The molecular weight excluding hydrogens is 220 g/mol. The van der Waals surface area contributed by atoms with E-state index in [0.717, 1.165) is 15.7 Å². The molecule has 6 heteroatoms. The Kier molecular flexibility index (Phi) is 4.67. The third-order valence-corrected chi connectivity index (χ3v) is 4.03. The molecule has 1 heterocycles. The summed E-state index contributed by atoms with van der Waals surface area (Å²) in [5.74, 6) is 0.746. The van der Waals surface area contributed by atoms with Gasteiger partial charge in [0.2, 0.25) is 0 Å². The normalized spacial score (nSPS) is 11.1. The van der Waals surface area contributed by atoms with Crippen LogP contribution in [0.5, 0.6) is 0 Å². The highest BCUT2D eigenvalue weighted by molar-refractivity contribution is 8.01. The summed E-state index contributed by atoms with van der Waals surface area (Å²) in [6.07, 6.45) is -0.178. The Morgan fingerprint density at radius 2 is 2.14 bits per heavy atom. The number of nitrogen functional groups attached to an aromatic ring is 1. The van der Waals surface area contributed by atoms with Crippen LogP contribution in [0.1, 0.15) is 5.69 Å². The lowest BCUT2D eigenvalue weighted by Gasteiger charge is -2.11. The Balaban J connectivity index is 2.48. The number of thioether (sulfide) groups is 1. The monoisotopic (exact) mass is 234 g/mol. The Morgan fingerprint density at radius 3 is 2.57 bits per heavy atom. The molecule has 0 atom stereocenters. The van der Waals surface area contributed by atoms with Crippen molar-refractivity contribution >= 4 is 28.2 Å². The van der Waals surface area contributed by atoms with Gasteiger partial charge < -0.3 is 15.2 Å². The number of aromatic nitrogens is 1. The minimum absolute atomic E-state index is 0.178. The van der Waals surface area contributed by atoms with Crippen molar-refractivity contribution in [2.75, 3.05) is 25.7 Å². The van der Waals surface area contributed by atoms with Gasteiger partial charge >= 0.3 is 0 Å². The van der Waals surface area contributed by atoms with Gasteiger partial charge in [-0.3, -0.25) is 0 Å². The van der Waals surface area contributed by atoms with Crippen molar-refractivity contribution in [3.05, 3.63) is 5.69 Å². The Labute approximate surface area is 91.8 Å². The largest absolute Gasteiger partial charge is 0.375 e. The molecule has 0 aliphatic heterocycles. The maximum atomic E-state index is 5.58. The van der Waals surface area contributed by atoms with E-state index >= 15 is 0 Å². The van der Waals surface area contributed by atoms with Crippen LogP contribution < -0.4 is 5.73 Å². The van der Waals surface area contributed by atoms with E-state index in [1.54, 1.807) is 26.0 Å². The van der Waals surface area contributed by atoms with Gasteiger partial charge in [-0.25, -0.2) is 4.98 Å². The fraction of sp³-hybridized carbons (Fsp3) is 0.625. The number of nitrogens with zero attached hydrogens (tertiary/aromatic N) is 1. The zero-order valence-electron chi connectivity index (χ0n) is 8.44. The Hall–Kier alpha value is -0.300. The zero-order valence-corrected chi connectivity index (χ0v) is 10.1. The molecule has 0 aromatic carbocycles. The highest BCUT2D eigenvalue weighted by Gasteiger charge is 2.10.